The zero-order valence-electron chi connectivity index (χ0n) is 14.5. The standard InChI is InChI=1S/C17H20F3N3O4/c18-17(19,20)10-27-13-7-21-5-3-11(13)6-22-15(26)23-8-12-2-1-4-16(12,9-23)14(24)25/h3,5,7,12H,1-2,4,6,8-10H2,(H,22,26)(H,24,25)/t12-,16+/m0/s1. The molecule has 0 aromatic carbocycles. The van der Waals surface area contributed by atoms with E-state index in [-0.39, 0.29) is 24.8 Å². The third-order valence-corrected chi connectivity index (χ3v) is 5.28. The van der Waals surface area contributed by atoms with Gasteiger partial charge in [0, 0.05) is 31.4 Å². The Morgan fingerprint density at radius 1 is 1.44 bits per heavy atom. The van der Waals surface area contributed by atoms with E-state index in [0.717, 1.165) is 19.0 Å². The lowest BCUT2D eigenvalue weighted by Gasteiger charge is -2.23. The molecule has 27 heavy (non-hydrogen) atoms. The van der Waals surface area contributed by atoms with Gasteiger partial charge in [0.05, 0.1) is 11.6 Å². The lowest BCUT2D eigenvalue weighted by atomic mass is 9.81. The highest BCUT2D eigenvalue weighted by Gasteiger charge is 2.55. The fourth-order valence-electron chi connectivity index (χ4n) is 3.92. The summed E-state index contributed by atoms with van der Waals surface area (Å²) in [6.45, 7) is -0.983. The van der Waals surface area contributed by atoms with E-state index in [1.807, 2.05) is 0 Å². The summed E-state index contributed by atoms with van der Waals surface area (Å²) in [5.74, 6) is -1.000. The van der Waals surface area contributed by atoms with Gasteiger partial charge in [-0.15, -0.1) is 0 Å². The number of likely N-dealkylation sites (tertiary alicyclic amines) is 1. The second kappa shape index (κ2) is 7.24. The molecule has 2 aliphatic rings. The van der Waals surface area contributed by atoms with Crippen molar-refractivity contribution in [2.75, 3.05) is 19.7 Å². The van der Waals surface area contributed by atoms with Crippen LogP contribution < -0.4 is 10.1 Å². The van der Waals surface area contributed by atoms with Crippen molar-refractivity contribution in [2.24, 2.45) is 11.3 Å². The fraction of sp³-hybridized carbons (Fsp3) is 0.588. The molecule has 1 saturated carbocycles. The molecule has 2 fully saturated rings. The number of nitrogens with one attached hydrogen (secondary N) is 1. The Balaban J connectivity index is 1.60. The summed E-state index contributed by atoms with van der Waals surface area (Å²) in [5, 5.41) is 12.2. The van der Waals surface area contributed by atoms with Crippen LogP contribution in [0.1, 0.15) is 24.8 Å². The number of nitrogens with zero attached hydrogens (tertiary/aromatic N) is 2. The van der Waals surface area contributed by atoms with E-state index in [4.69, 9.17) is 4.74 Å². The molecule has 2 amide bonds. The number of hydrogen-bond donors (Lipinski definition) is 2. The Hall–Kier alpha value is -2.52. The summed E-state index contributed by atoms with van der Waals surface area (Å²) in [6, 6.07) is 1.02. The van der Waals surface area contributed by atoms with Gasteiger partial charge >= 0.3 is 18.2 Å². The van der Waals surface area contributed by atoms with Gasteiger partial charge in [-0.25, -0.2) is 4.79 Å². The summed E-state index contributed by atoms with van der Waals surface area (Å²) >= 11 is 0. The quantitative estimate of drug-likeness (QED) is 0.810. The minimum absolute atomic E-state index is 0.0459. The van der Waals surface area contributed by atoms with Crippen molar-refractivity contribution in [3.05, 3.63) is 24.0 Å². The van der Waals surface area contributed by atoms with E-state index in [1.54, 1.807) is 0 Å². The van der Waals surface area contributed by atoms with E-state index in [0.29, 0.717) is 18.5 Å². The summed E-state index contributed by atoms with van der Waals surface area (Å²) in [4.78, 5) is 29.3. The number of hydrogen-bond acceptors (Lipinski definition) is 4. The molecule has 1 aromatic rings. The summed E-state index contributed by atoms with van der Waals surface area (Å²) in [7, 11) is 0. The van der Waals surface area contributed by atoms with E-state index >= 15 is 0 Å². The lowest BCUT2D eigenvalue weighted by Crippen LogP contribution is -2.41. The van der Waals surface area contributed by atoms with Crippen LogP contribution in [0.4, 0.5) is 18.0 Å². The molecule has 2 atom stereocenters. The number of rotatable bonds is 5. The first kappa shape index (κ1) is 19.2. The van der Waals surface area contributed by atoms with Gasteiger partial charge in [0.1, 0.15) is 5.75 Å². The normalized spacial score (nSPS) is 24.6. The maximum atomic E-state index is 12.4. The molecule has 1 aliphatic heterocycles. The second-order valence-electron chi connectivity index (χ2n) is 6.98. The molecule has 0 radical (unpaired) electrons. The predicted octanol–water partition coefficient (Wildman–Crippen LogP) is 2.42. The van der Waals surface area contributed by atoms with Gasteiger partial charge in [0.2, 0.25) is 0 Å². The number of aliphatic carboxylic acids is 1. The highest BCUT2D eigenvalue weighted by Crippen LogP contribution is 2.48. The largest absolute Gasteiger partial charge is 0.482 e. The van der Waals surface area contributed by atoms with Crippen LogP contribution in [0.15, 0.2) is 18.5 Å². The lowest BCUT2D eigenvalue weighted by molar-refractivity contribution is -0.153. The number of halogens is 3. The van der Waals surface area contributed by atoms with Crippen molar-refractivity contribution in [3.63, 3.8) is 0 Å². The molecule has 1 saturated heterocycles. The van der Waals surface area contributed by atoms with Crippen molar-refractivity contribution in [1.29, 1.82) is 0 Å². The Morgan fingerprint density at radius 2 is 2.22 bits per heavy atom. The van der Waals surface area contributed by atoms with Crippen molar-refractivity contribution in [1.82, 2.24) is 15.2 Å². The first-order valence-corrected chi connectivity index (χ1v) is 8.60. The topological polar surface area (TPSA) is 91.8 Å². The van der Waals surface area contributed by atoms with Gasteiger partial charge in [0.15, 0.2) is 6.61 Å². The van der Waals surface area contributed by atoms with Gasteiger partial charge in [-0.1, -0.05) is 6.42 Å². The highest BCUT2D eigenvalue weighted by atomic mass is 19.4. The Labute approximate surface area is 153 Å². The van der Waals surface area contributed by atoms with E-state index in [9.17, 15) is 27.9 Å². The zero-order valence-corrected chi connectivity index (χ0v) is 14.5. The van der Waals surface area contributed by atoms with Gasteiger partial charge < -0.3 is 20.1 Å². The van der Waals surface area contributed by atoms with Gasteiger partial charge in [-0.3, -0.25) is 9.78 Å². The Kier molecular flexibility index (Phi) is 5.16. The van der Waals surface area contributed by atoms with Crippen LogP contribution in [0.5, 0.6) is 5.75 Å². The zero-order chi connectivity index (χ0) is 19.7. The summed E-state index contributed by atoms with van der Waals surface area (Å²) in [5.41, 5.74) is -0.524. The number of pyridine rings is 1. The second-order valence-corrected chi connectivity index (χ2v) is 6.98. The third-order valence-electron chi connectivity index (χ3n) is 5.28. The average molecular weight is 387 g/mol. The minimum atomic E-state index is -4.48. The van der Waals surface area contributed by atoms with Crippen molar-refractivity contribution in [2.45, 2.75) is 32.0 Å². The molecule has 0 bridgehead atoms. The highest BCUT2D eigenvalue weighted by molar-refractivity contribution is 5.80. The maximum absolute atomic E-state index is 12.4. The molecule has 148 valence electrons. The number of urea groups is 1. The number of amides is 2. The monoisotopic (exact) mass is 387 g/mol. The number of aromatic nitrogens is 1. The van der Waals surface area contributed by atoms with Crippen molar-refractivity contribution < 1.29 is 32.6 Å². The first-order chi connectivity index (χ1) is 12.7. The molecule has 1 aromatic heterocycles. The average Bonchev–Trinajstić information content (AvgIpc) is 3.16. The van der Waals surface area contributed by atoms with Crippen LogP contribution in [0.25, 0.3) is 0 Å². The van der Waals surface area contributed by atoms with Crippen LogP contribution in [-0.2, 0) is 11.3 Å². The summed E-state index contributed by atoms with van der Waals surface area (Å²) < 4.78 is 41.7. The molecule has 3 rings (SSSR count). The van der Waals surface area contributed by atoms with E-state index in [2.05, 4.69) is 10.3 Å². The molecule has 0 spiro atoms. The van der Waals surface area contributed by atoms with Crippen LogP contribution in [0.2, 0.25) is 0 Å². The summed E-state index contributed by atoms with van der Waals surface area (Å²) in [6.07, 6.45) is 0.235. The molecule has 0 unspecified atom stereocenters. The predicted molar refractivity (Wildman–Crippen MR) is 87.0 cm³/mol. The SMILES string of the molecule is O=C(NCc1ccncc1OCC(F)(F)F)N1C[C@@H]2CCC[C@@]2(C(=O)O)C1. The molecule has 10 heteroatoms. The fourth-order valence-corrected chi connectivity index (χ4v) is 3.92. The molecule has 2 heterocycles. The van der Waals surface area contributed by atoms with Crippen LogP contribution in [-0.4, -0.2) is 52.9 Å². The maximum Gasteiger partial charge on any atom is 0.422 e. The van der Waals surface area contributed by atoms with Gasteiger partial charge in [0.25, 0.3) is 0 Å². The molecule has 1 aliphatic carbocycles. The Bertz CT molecular complexity index is 728. The third kappa shape index (κ3) is 4.09. The minimum Gasteiger partial charge on any atom is -0.482 e. The number of carbonyl (C=O) groups excluding carboxylic acids is 1. The number of alkyl halides is 3. The number of carboxylic acid groups (broad SMARTS) is 1. The van der Waals surface area contributed by atoms with Crippen LogP contribution in [0.3, 0.4) is 0 Å². The number of carboxylic acids is 1. The Morgan fingerprint density at radius 3 is 2.89 bits per heavy atom. The smallest absolute Gasteiger partial charge is 0.422 e. The van der Waals surface area contributed by atoms with Gasteiger partial charge in [-0.05, 0) is 24.8 Å². The molecular formula is C17H20F3N3O4. The van der Waals surface area contributed by atoms with E-state index in [1.165, 1.54) is 17.2 Å². The van der Waals surface area contributed by atoms with Crippen LogP contribution >= 0.6 is 0 Å². The van der Waals surface area contributed by atoms with Crippen molar-refractivity contribution >= 4 is 12.0 Å². The number of carbonyl (C=O) groups is 2. The first-order valence-electron chi connectivity index (χ1n) is 8.60. The van der Waals surface area contributed by atoms with Gasteiger partial charge in [-0.2, -0.15) is 13.2 Å². The molecule has 2 N–H and O–H groups in total. The number of fused-ring (bicyclic) bond motifs is 1. The molecule has 7 nitrogen and oxygen atoms in total. The number of ether oxygens (including phenoxy) is 1. The van der Waals surface area contributed by atoms with Crippen molar-refractivity contribution in [3.8, 4) is 5.75 Å². The van der Waals surface area contributed by atoms with Crippen LogP contribution in [0, 0.1) is 11.3 Å². The molecular weight excluding hydrogens is 367 g/mol. The van der Waals surface area contributed by atoms with E-state index < -0.39 is 30.2 Å².